The van der Waals surface area contributed by atoms with Crippen LogP contribution in [0.15, 0.2) is 42.5 Å². The summed E-state index contributed by atoms with van der Waals surface area (Å²) >= 11 is 5.90. The molecule has 0 radical (unpaired) electrons. The second kappa shape index (κ2) is 8.54. The number of nitriles is 1. The number of halogens is 1. The van der Waals surface area contributed by atoms with Crippen molar-refractivity contribution in [1.29, 1.82) is 5.26 Å². The predicted molar refractivity (Wildman–Crippen MR) is 103 cm³/mol. The average molecular weight is 412 g/mol. The van der Waals surface area contributed by atoms with Crippen LogP contribution in [0, 0.1) is 11.3 Å². The van der Waals surface area contributed by atoms with E-state index in [9.17, 15) is 19.2 Å². The van der Waals surface area contributed by atoms with Crippen molar-refractivity contribution in [3.8, 4) is 6.07 Å². The molecule has 8 nitrogen and oxygen atoms in total. The molecule has 0 saturated carbocycles. The third-order valence-corrected chi connectivity index (χ3v) is 4.41. The van der Waals surface area contributed by atoms with Gasteiger partial charge in [-0.2, -0.15) is 5.26 Å². The Morgan fingerprint density at radius 2 is 1.86 bits per heavy atom. The van der Waals surface area contributed by atoms with Gasteiger partial charge in [-0.15, -0.1) is 0 Å². The van der Waals surface area contributed by atoms with E-state index >= 15 is 0 Å². The molecule has 1 saturated heterocycles. The molecule has 1 heterocycles. The number of benzene rings is 2. The third-order valence-electron chi connectivity index (χ3n) is 4.10. The Bertz CT molecular complexity index is 1040. The highest BCUT2D eigenvalue weighted by atomic mass is 35.5. The molecule has 2 aromatic rings. The van der Waals surface area contributed by atoms with E-state index in [1.165, 1.54) is 36.4 Å². The number of imide groups is 1. The van der Waals surface area contributed by atoms with Crippen LogP contribution in [0.3, 0.4) is 0 Å². The van der Waals surface area contributed by atoms with Gasteiger partial charge in [0.1, 0.15) is 6.07 Å². The van der Waals surface area contributed by atoms with E-state index in [2.05, 4.69) is 5.32 Å². The summed E-state index contributed by atoms with van der Waals surface area (Å²) in [5.74, 6) is -2.04. The third kappa shape index (κ3) is 4.59. The maximum atomic E-state index is 12.2. The summed E-state index contributed by atoms with van der Waals surface area (Å²) in [5.41, 5.74) is 1.00. The van der Waals surface area contributed by atoms with Gasteiger partial charge in [0.25, 0.3) is 5.91 Å². The minimum atomic E-state index is -0.779. The van der Waals surface area contributed by atoms with Crippen LogP contribution in [0.5, 0.6) is 0 Å². The number of hydrogen-bond acceptors (Lipinski definition) is 6. The monoisotopic (exact) mass is 411 g/mol. The van der Waals surface area contributed by atoms with Crippen LogP contribution in [-0.2, 0) is 19.1 Å². The second-order valence-corrected chi connectivity index (χ2v) is 6.51. The summed E-state index contributed by atoms with van der Waals surface area (Å²) < 4.78 is 4.98. The number of nitrogens with one attached hydrogen (secondary N) is 1. The number of hydrogen-bond donors (Lipinski definition) is 1. The van der Waals surface area contributed by atoms with Gasteiger partial charge < -0.3 is 10.1 Å². The van der Waals surface area contributed by atoms with Crippen molar-refractivity contribution in [3.05, 3.63) is 58.6 Å². The molecule has 0 atom stereocenters. The van der Waals surface area contributed by atoms with Gasteiger partial charge in [-0.25, -0.2) is 4.79 Å². The standard InChI is InChI=1S/C20H14ClN3O5/c21-16-9-14(5-4-13(16)10-22)23-17(25)11-29-20(28)12-2-1-3-15(8-12)24-18(26)6-7-19(24)27/h1-5,8-9H,6-7,11H2,(H,23,25). The molecular formula is C20H14ClN3O5. The molecule has 1 N–H and O–H groups in total. The second-order valence-electron chi connectivity index (χ2n) is 6.10. The van der Waals surface area contributed by atoms with Crippen LogP contribution in [0.1, 0.15) is 28.8 Å². The number of carbonyl (C=O) groups is 4. The molecule has 2 aromatic carbocycles. The van der Waals surface area contributed by atoms with Crippen LogP contribution in [0.4, 0.5) is 11.4 Å². The Hall–Kier alpha value is -3.70. The van der Waals surface area contributed by atoms with Gasteiger partial charge in [-0.1, -0.05) is 17.7 Å². The van der Waals surface area contributed by atoms with Gasteiger partial charge in [-0.3, -0.25) is 19.3 Å². The van der Waals surface area contributed by atoms with Crippen LogP contribution in [0.2, 0.25) is 5.02 Å². The molecule has 1 aliphatic heterocycles. The number of carbonyl (C=O) groups excluding carboxylic acids is 4. The summed E-state index contributed by atoms with van der Waals surface area (Å²) in [6.07, 6.45) is 0.264. The normalized spacial score (nSPS) is 13.2. The largest absolute Gasteiger partial charge is 0.452 e. The van der Waals surface area contributed by atoms with Crippen LogP contribution in [-0.4, -0.2) is 30.3 Å². The minimum Gasteiger partial charge on any atom is -0.452 e. The Labute approximate surface area is 170 Å². The lowest BCUT2D eigenvalue weighted by Crippen LogP contribution is -2.28. The van der Waals surface area contributed by atoms with Crippen molar-refractivity contribution in [1.82, 2.24) is 0 Å². The highest BCUT2D eigenvalue weighted by Gasteiger charge is 2.30. The molecule has 3 rings (SSSR count). The van der Waals surface area contributed by atoms with Gasteiger partial charge in [0.05, 0.1) is 21.8 Å². The van der Waals surface area contributed by atoms with Crippen LogP contribution >= 0.6 is 11.6 Å². The number of ether oxygens (including phenoxy) is 1. The molecule has 3 amide bonds. The molecular weight excluding hydrogens is 398 g/mol. The van der Waals surface area contributed by atoms with E-state index < -0.39 is 18.5 Å². The zero-order valence-electron chi connectivity index (χ0n) is 15.0. The summed E-state index contributed by atoms with van der Waals surface area (Å²) in [5, 5.41) is 11.5. The molecule has 1 aliphatic rings. The van der Waals surface area contributed by atoms with Crippen molar-refractivity contribution in [2.45, 2.75) is 12.8 Å². The van der Waals surface area contributed by atoms with E-state index in [4.69, 9.17) is 21.6 Å². The first kappa shape index (κ1) is 20.0. The zero-order valence-corrected chi connectivity index (χ0v) is 15.7. The maximum Gasteiger partial charge on any atom is 0.338 e. The van der Waals surface area contributed by atoms with E-state index in [-0.39, 0.29) is 46.5 Å². The minimum absolute atomic E-state index is 0.101. The summed E-state index contributed by atoms with van der Waals surface area (Å²) in [4.78, 5) is 48.9. The Kier molecular flexibility index (Phi) is 5.90. The topological polar surface area (TPSA) is 117 Å². The lowest BCUT2D eigenvalue weighted by atomic mass is 10.2. The Morgan fingerprint density at radius 1 is 1.14 bits per heavy atom. The molecule has 0 spiro atoms. The van der Waals surface area contributed by atoms with Crippen molar-refractivity contribution >= 4 is 46.7 Å². The Morgan fingerprint density at radius 3 is 2.52 bits per heavy atom. The maximum absolute atomic E-state index is 12.2. The van der Waals surface area contributed by atoms with E-state index in [0.717, 1.165) is 4.90 Å². The smallest absolute Gasteiger partial charge is 0.338 e. The quantitative estimate of drug-likeness (QED) is 0.597. The van der Waals surface area contributed by atoms with Gasteiger partial charge in [0.15, 0.2) is 6.61 Å². The molecule has 1 fully saturated rings. The van der Waals surface area contributed by atoms with Gasteiger partial charge >= 0.3 is 5.97 Å². The highest BCUT2D eigenvalue weighted by molar-refractivity contribution is 6.32. The fourth-order valence-electron chi connectivity index (χ4n) is 2.73. The summed E-state index contributed by atoms with van der Waals surface area (Å²) in [6, 6.07) is 12.1. The first-order valence-corrected chi connectivity index (χ1v) is 8.89. The van der Waals surface area contributed by atoms with E-state index in [0.29, 0.717) is 5.69 Å². The zero-order chi connectivity index (χ0) is 21.0. The molecule has 29 heavy (non-hydrogen) atoms. The number of esters is 1. The lowest BCUT2D eigenvalue weighted by Gasteiger charge is -2.14. The first-order valence-electron chi connectivity index (χ1n) is 8.51. The summed E-state index contributed by atoms with van der Waals surface area (Å²) in [6.45, 7) is -0.553. The number of nitrogens with zero attached hydrogens (tertiary/aromatic N) is 2. The van der Waals surface area contributed by atoms with Crippen molar-refractivity contribution in [2.75, 3.05) is 16.8 Å². The SMILES string of the molecule is N#Cc1ccc(NC(=O)COC(=O)c2cccc(N3C(=O)CCC3=O)c2)cc1Cl. The Balaban J connectivity index is 1.61. The van der Waals surface area contributed by atoms with E-state index in [1.54, 1.807) is 6.07 Å². The number of amides is 3. The molecule has 0 unspecified atom stereocenters. The van der Waals surface area contributed by atoms with E-state index in [1.807, 2.05) is 6.07 Å². The summed E-state index contributed by atoms with van der Waals surface area (Å²) in [7, 11) is 0. The van der Waals surface area contributed by atoms with Crippen LogP contribution in [0.25, 0.3) is 0 Å². The van der Waals surface area contributed by atoms with Gasteiger partial charge in [0.2, 0.25) is 11.8 Å². The predicted octanol–water partition coefficient (Wildman–Crippen LogP) is 2.66. The highest BCUT2D eigenvalue weighted by Crippen LogP contribution is 2.24. The molecule has 0 aliphatic carbocycles. The average Bonchev–Trinajstić information content (AvgIpc) is 3.04. The number of anilines is 2. The lowest BCUT2D eigenvalue weighted by molar-refractivity contribution is -0.121. The molecule has 0 aromatic heterocycles. The van der Waals surface area contributed by atoms with Crippen molar-refractivity contribution < 1.29 is 23.9 Å². The van der Waals surface area contributed by atoms with Crippen LogP contribution < -0.4 is 10.2 Å². The van der Waals surface area contributed by atoms with Gasteiger partial charge in [-0.05, 0) is 36.4 Å². The molecule has 146 valence electrons. The fourth-order valence-corrected chi connectivity index (χ4v) is 2.95. The van der Waals surface area contributed by atoms with Gasteiger partial charge in [0, 0.05) is 18.5 Å². The van der Waals surface area contributed by atoms with Crippen molar-refractivity contribution in [2.24, 2.45) is 0 Å². The molecule has 9 heteroatoms. The molecule has 0 bridgehead atoms. The number of rotatable bonds is 5. The fraction of sp³-hybridized carbons (Fsp3) is 0.150. The van der Waals surface area contributed by atoms with Crippen molar-refractivity contribution in [3.63, 3.8) is 0 Å². The first-order chi connectivity index (χ1) is 13.9.